The topological polar surface area (TPSA) is 42.2 Å². The van der Waals surface area contributed by atoms with E-state index in [9.17, 15) is 0 Å². The first-order valence-electron chi connectivity index (χ1n) is 3.52. The van der Waals surface area contributed by atoms with E-state index in [-0.39, 0.29) is 0 Å². The Morgan fingerprint density at radius 1 is 1.58 bits per heavy atom. The molecule has 2 aromatic rings. The van der Waals surface area contributed by atoms with Crippen LogP contribution in [0, 0.1) is 0 Å². The Bertz CT molecular complexity index is 409. The molecule has 2 aromatic heterocycles. The number of rotatable bonds is 1. The molecular weight excluding hydrogens is 172 g/mol. The monoisotopic (exact) mass is 180 g/mol. The number of fused-ring (bicyclic) bond motifs is 1. The average molecular weight is 180 g/mol. The van der Waals surface area contributed by atoms with Crippen LogP contribution in [-0.2, 0) is 0 Å². The first-order chi connectivity index (χ1) is 5.79. The van der Waals surface area contributed by atoms with Gasteiger partial charge in [0, 0.05) is 30.4 Å². The molecule has 2 heterocycles. The van der Waals surface area contributed by atoms with Crippen LogP contribution in [0.3, 0.4) is 0 Å². The lowest BCUT2D eigenvalue weighted by Gasteiger charge is -1.91. The van der Waals surface area contributed by atoms with Gasteiger partial charge >= 0.3 is 0 Å². The highest BCUT2D eigenvalue weighted by atomic mass is 32.1. The first kappa shape index (κ1) is 7.42. The summed E-state index contributed by atoms with van der Waals surface area (Å²) in [6.45, 7) is 0. The van der Waals surface area contributed by atoms with Crippen molar-refractivity contribution in [2.75, 3.05) is 12.4 Å². The summed E-state index contributed by atoms with van der Waals surface area (Å²) in [5, 5.41) is 7.13. The molecular formula is C7H8N4S. The molecule has 0 spiro atoms. The second-order valence-electron chi connectivity index (χ2n) is 2.39. The van der Waals surface area contributed by atoms with E-state index in [1.807, 2.05) is 19.3 Å². The van der Waals surface area contributed by atoms with Gasteiger partial charge in [0.1, 0.15) is 5.82 Å². The number of hydrogen-bond acceptors (Lipinski definition) is 4. The van der Waals surface area contributed by atoms with E-state index in [0.717, 1.165) is 16.4 Å². The Morgan fingerprint density at radius 3 is 3.17 bits per heavy atom. The van der Waals surface area contributed by atoms with Crippen LogP contribution >= 0.6 is 12.6 Å². The largest absolute Gasteiger partial charge is 0.372 e. The predicted molar refractivity (Wildman–Crippen MR) is 49.8 cm³/mol. The summed E-state index contributed by atoms with van der Waals surface area (Å²) >= 11 is 4.16. The van der Waals surface area contributed by atoms with Crippen LogP contribution in [0.2, 0.25) is 0 Å². The fraction of sp³-hybridized carbons (Fsp3) is 0.143. The van der Waals surface area contributed by atoms with Crippen LogP contribution in [-0.4, -0.2) is 21.6 Å². The van der Waals surface area contributed by atoms with Gasteiger partial charge in [-0.2, -0.15) is 0 Å². The summed E-state index contributed by atoms with van der Waals surface area (Å²) in [4.78, 5) is 4.93. The molecule has 1 N–H and O–H groups in total. The van der Waals surface area contributed by atoms with Gasteiger partial charge < -0.3 is 5.32 Å². The molecule has 2 rings (SSSR count). The van der Waals surface area contributed by atoms with E-state index >= 15 is 0 Å². The van der Waals surface area contributed by atoms with Crippen molar-refractivity contribution >= 4 is 24.1 Å². The minimum Gasteiger partial charge on any atom is -0.372 e. The molecule has 0 aliphatic carbocycles. The van der Waals surface area contributed by atoms with Crippen LogP contribution in [0.4, 0.5) is 5.82 Å². The van der Waals surface area contributed by atoms with E-state index in [1.54, 1.807) is 10.7 Å². The van der Waals surface area contributed by atoms with Gasteiger partial charge in [0.05, 0.1) is 0 Å². The predicted octanol–water partition coefficient (Wildman–Crippen LogP) is 1.06. The van der Waals surface area contributed by atoms with Gasteiger partial charge in [-0.05, 0) is 0 Å². The van der Waals surface area contributed by atoms with Crippen LogP contribution < -0.4 is 5.32 Å². The number of nitrogens with zero attached hydrogens (tertiary/aromatic N) is 3. The van der Waals surface area contributed by atoms with E-state index < -0.39 is 0 Å². The third-order valence-electron chi connectivity index (χ3n) is 1.56. The highest BCUT2D eigenvalue weighted by Gasteiger charge is 1.99. The summed E-state index contributed by atoms with van der Waals surface area (Å²) in [5.41, 5.74) is 0.817. The van der Waals surface area contributed by atoms with Crippen molar-refractivity contribution in [2.45, 2.75) is 4.90 Å². The zero-order chi connectivity index (χ0) is 8.55. The van der Waals surface area contributed by atoms with Crippen molar-refractivity contribution in [2.24, 2.45) is 0 Å². The molecule has 0 saturated heterocycles. The van der Waals surface area contributed by atoms with Gasteiger partial charge in [-0.15, -0.1) is 17.7 Å². The molecule has 0 atom stereocenters. The number of thiol groups is 1. The van der Waals surface area contributed by atoms with Gasteiger partial charge in [0.25, 0.3) is 0 Å². The SMILES string of the molecule is CNc1cc2ncc(S)cn2n1. The maximum absolute atomic E-state index is 4.19. The van der Waals surface area contributed by atoms with Crippen LogP contribution in [0.15, 0.2) is 23.4 Å². The van der Waals surface area contributed by atoms with Crippen molar-refractivity contribution in [3.05, 3.63) is 18.5 Å². The molecule has 0 aliphatic heterocycles. The fourth-order valence-electron chi connectivity index (χ4n) is 0.989. The molecule has 12 heavy (non-hydrogen) atoms. The molecule has 4 nitrogen and oxygen atoms in total. The molecule has 0 bridgehead atoms. The molecule has 0 unspecified atom stereocenters. The lowest BCUT2D eigenvalue weighted by molar-refractivity contribution is 0.916. The van der Waals surface area contributed by atoms with E-state index in [2.05, 4.69) is 28.0 Å². The van der Waals surface area contributed by atoms with Crippen molar-refractivity contribution in [3.63, 3.8) is 0 Å². The van der Waals surface area contributed by atoms with Crippen LogP contribution in [0.5, 0.6) is 0 Å². The van der Waals surface area contributed by atoms with Crippen molar-refractivity contribution < 1.29 is 0 Å². The van der Waals surface area contributed by atoms with Gasteiger partial charge in [-0.3, -0.25) is 0 Å². The number of aromatic nitrogens is 3. The number of nitrogens with one attached hydrogen (secondary N) is 1. The molecule has 0 fully saturated rings. The highest BCUT2D eigenvalue weighted by Crippen LogP contribution is 2.10. The highest BCUT2D eigenvalue weighted by molar-refractivity contribution is 7.80. The van der Waals surface area contributed by atoms with Crippen molar-refractivity contribution in [3.8, 4) is 0 Å². The lowest BCUT2D eigenvalue weighted by atomic mass is 10.6. The third kappa shape index (κ3) is 1.12. The molecule has 0 radical (unpaired) electrons. The van der Waals surface area contributed by atoms with Crippen LogP contribution in [0.1, 0.15) is 0 Å². The van der Waals surface area contributed by atoms with Gasteiger partial charge in [-0.25, -0.2) is 9.50 Å². The van der Waals surface area contributed by atoms with Gasteiger partial charge in [0.15, 0.2) is 5.65 Å². The Labute approximate surface area is 75.0 Å². The van der Waals surface area contributed by atoms with E-state index in [0.29, 0.717) is 0 Å². The second kappa shape index (κ2) is 2.67. The average Bonchev–Trinajstić information content (AvgIpc) is 2.46. The summed E-state index contributed by atoms with van der Waals surface area (Å²) in [5.74, 6) is 0.807. The summed E-state index contributed by atoms with van der Waals surface area (Å²) in [6.07, 6.45) is 3.51. The molecule has 0 amide bonds. The third-order valence-corrected chi connectivity index (χ3v) is 1.79. The normalized spacial score (nSPS) is 10.5. The second-order valence-corrected chi connectivity index (χ2v) is 2.91. The van der Waals surface area contributed by atoms with Crippen molar-refractivity contribution in [1.29, 1.82) is 0 Å². The van der Waals surface area contributed by atoms with E-state index in [4.69, 9.17) is 0 Å². The lowest BCUT2D eigenvalue weighted by Crippen LogP contribution is -1.91. The molecule has 62 valence electrons. The standard InChI is InChI=1S/C7H8N4S/c1-8-6-2-7-9-3-5(12)4-11(7)10-6/h2-4,12H,1H3,(H,8,10). The fourth-order valence-corrected chi connectivity index (χ4v) is 1.16. The smallest absolute Gasteiger partial charge is 0.157 e. The zero-order valence-electron chi connectivity index (χ0n) is 6.52. The maximum atomic E-state index is 4.19. The zero-order valence-corrected chi connectivity index (χ0v) is 7.42. The Hall–Kier alpha value is -1.23. The molecule has 0 saturated carbocycles. The molecule has 0 aromatic carbocycles. The maximum Gasteiger partial charge on any atom is 0.157 e. The van der Waals surface area contributed by atoms with E-state index in [1.165, 1.54) is 0 Å². The molecule has 5 heteroatoms. The number of anilines is 1. The van der Waals surface area contributed by atoms with Crippen molar-refractivity contribution in [1.82, 2.24) is 14.6 Å². The first-order valence-corrected chi connectivity index (χ1v) is 3.96. The Balaban J connectivity index is 2.67. The molecule has 0 aliphatic rings. The Morgan fingerprint density at radius 2 is 2.42 bits per heavy atom. The summed E-state index contributed by atoms with van der Waals surface area (Å²) in [7, 11) is 1.82. The van der Waals surface area contributed by atoms with Crippen LogP contribution in [0.25, 0.3) is 5.65 Å². The van der Waals surface area contributed by atoms with Gasteiger partial charge in [0.2, 0.25) is 0 Å². The minimum atomic E-state index is 0.799. The van der Waals surface area contributed by atoms with Gasteiger partial charge in [-0.1, -0.05) is 0 Å². The summed E-state index contributed by atoms with van der Waals surface area (Å²) < 4.78 is 1.69. The number of hydrogen-bond donors (Lipinski definition) is 2. The quantitative estimate of drug-likeness (QED) is 0.645. The Kier molecular flexibility index (Phi) is 1.65. The summed E-state index contributed by atoms with van der Waals surface area (Å²) in [6, 6.07) is 1.87. The minimum absolute atomic E-state index is 0.799.